The largest absolute Gasteiger partial charge is 0.444 e. The number of alkyl carbamates (subject to hydrolysis) is 1. The van der Waals surface area contributed by atoms with E-state index in [1.54, 1.807) is 11.8 Å². The molecule has 0 radical (unpaired) electrons. The maximum Gasteiger partial charge on any atom is 0.407 e. The van der Waals surface area contributed by atoms with Crippen molar-refractivity contribution in [2.45, 2.75) is 51.4 Å². The SMILES string of the molecule is CSCOC[C@@H]1CC[C@@H](NC(=O)OC(C)(C)C)CO1. The van der Waals surface area contributed by atoms with E-state index in [4.69, 9.17) is 14.2 Å². The van der Waals surface area contributed by atoms with Crippen LogP contribution in [-0.4, -0.2) is 49.2 Å². The average molecular weight is 291 g/mol. The van der Waals surface area contributed by atoms with Gasteiger partial charge < -0.3 is 19.5 Å². The van der Waals surface area contributed by atoms with Crippen molar-refractivity contribution in [3.8, 4) is 0 Å². The highest BCUT2D eigenvalue weighted by atomic mass is 32.2. The first kappa shape index (κ1) is 16.6. The summed E-state index contributed by atoms with van der Waals surface area (Å²) in [7, 11) is 0. The van der Waals surface area contributed by atoms with E-state index in [0.29, 0.717) is 19.2 Å². The molecule has 1 rings (SSSR count). The zero-order valence-corrected chi connectivity index (χ0v) is 13.0. The summed E-state index contributed by atoms with van der Waals surface area (Å²) in [5, 5.41) is 2.83. The number of nitrogens with one attached hydrogen (secondary N) is 1. The Bertz CT molecular complexity index is 272. The van der Waals surface area contributed by atoms with Gasteiger partial charge >= 0.3 is 6.09 Å². The topological polar surface area (TPSA) is 56.8 Å². The number of ether oxygens (including phenoxy) is 3. The molecule has 0 unspecified atom stereocenters. The van der Waals surface area contributed by atoms with Crippen LogP contribution in [0.25, 0.3) is 0 Å². The fourth-order valence-electron chi connectivity index (χ4n) is 1.79. The van der Waals surface area contributed by atoms with E-state index >= 15 is 0 Å². The molecule has 0 spiro atoms. The van der Waals surface area contributed by atoms with Crippen molar-refractivity contribution in [1.29, 1.82) is 0 Å². The molecule has 1 aliphatic heterocycles. The molecule has 5 nitrogen and oxygen atoms in total. The highest BCUT2D eigenvalue weighted by molar-refractivity contribution is 7.98. The molecule has 0 aliphatic carbocycles. The van der Waals surface area contributed by atoms with Gasteiger partial charge in [0.05, 0.1) is 31.3 Å². The summed E-state index contributed by atoms with van der Waals surface area (Å²) in [6.07, 6.45) is 3.56. The lowest BCUT2D eigenvalue weighted by molar-refractivity contribution is -0.0453. The molecule has 19 heavy (non-hydrogen) atoms. The molecule has 0 bridgehead atoms. The summed E-state index contributed by atoms with van der Waals surface area (Å²) >= 11 is 1.65. The van der Waals surface area contributed by atoms with Crippen LogP contribution in [0.4, 0.5) is 4.79 Å². The molecule has 1 amide bonds. The monoisotopic (exact) mass is 291 g/mol. The van der Waals surface area contributed by atoms with Crippen molar-refractivity contribution in [2.75, 3.05) is 25.4 Å². The van der Waals surface area contributed by atoms with Crippen LogP contribution in [0, 0.1) is 0 Å². The first-order valence-corrected chi connectivity index (χ1v) is 7.98. The summed E-state index contributed by atoms with van der Waals surface area (Å²) < 4.78 is 16.3. The Kier molecular flexibility index (Phi) is 6.96. The molecule has 1 heterocycles. The van der Waals surface area contributed by atoms with Gasteiger partial charge in [-0.3, -0.25) is 0 Å². The summed E-state index contributed by atoms with van der Waals surface area (Å²) in [5.74, 6) is 0.694. The van der Waals surface area contributed by atoms with Crippen LogP contribution in [0.5, 0.6) is 0 Å². The van der Waals surface area contributed by atoms with Crippen molar-refractivity contribution in [2.24, 2.45) is 0 Å². The second-order valence-corrected chi connectivity index (χ2v) is 6.47. The van der Waals surface area contributed by atoms with Gasteiger partial charge in [0.2, 0.25) is 0 Å². The van der Waals surface area contributed by atoms with Crippen LogP contribution in [0.2, 0.25) is 0 Å². The Hall–Kier alpha value is -0.460. The minimum absolute atomic E-state index is 0.0339. The molecule has 0 saturated carbocycles. The molecule has 0 aromatic rings. The fraction of sp³-hybridized carbons (Fsp3) is 0.923. The second kappa shape index (κ2) is 7.97. The van der Waals surface area contributed by atoms with Gasteiger partial charge in [-0.1, -0.05) is 0 Å². The van der Waals surface area contributed by atoms with Gasteiger partial charge in [0.15, 0.2) is 0 Å². The average Bonchev–Trinajstić information content (AvgIpc) is 2.29. The van der Waals surface area contributed by atoms with E-state index in [1.165, 1.54) is 0 Å². The molecular weight excluding hydrogens is 266 g/mol. The highest BCUT2D eigenvalue weighted by Gasteiger charge is 2.25. The van der Waals surface area contributed by atoms with Crippen LogP contribution in [-0.2, 0) is 14.2 Å². The summed E-state index contributed by atoms with van der Waals surface area (Å²) in [6, 6.07) is 0.0339. The standard InChI is InChI=1S/C13H25NO4S/c1-13(2,3)18-12(15)14-10-5-6-11(17-7-10)8-16-9-19-4/h10-11H,5-9H2,1-4H3,(H,14,15)/t10-,11+/m1/s1. The van der Waals surface area contributed by atoms with Gasteiger partial charge in [0.25, 0.3) is 0 Å². The van der Waals surface area contributed by atoms with E-state index in [-0.39, 0.29) is 18.2 Å². The van der Waals surface area contributed by atoms with Crippen molar-refractivity contribution in [1.82, 2.24) is 5.32 Å². The lowest BCUT2D eigenvalue weighted by atomic mass is 10.1. The first-order valence-electron chi connectivity index (χ1n) is 6.58. The van der Waals surface area contributed by atoms with Crippen LogP contribution in [0.1, 0.15) is 33.6 Å². The third-order valence-corrected chi connectivity index (χ3v) is 3.00. The Balaban J connectivity index is 2.17. The van der Waals surface area contributed by atoms with E-state index in [0.717, 1.165) is 12.8 Å². The molecule has 1 aliphatic rings. The third kappa shape index (κ3) is 7.64. The molecule has 1 fully saturated rings. The second-order valence-electron chi connectivity index (χ2n) is 5.65. The Morgan fingerprint density at radius 3 is 2.68 bits per heavy atom. The predicted octanol–water partition coefficient (Wildman–Crippen LogP) is 2.40. The zero-order valence-electron chi connectivity index (χ0n) is 12.2. The van der Waals surface area contributed by atoms with Gasteiger partial charge in [-0.25, -0.2) is 4.79 Å². The highest BCUT2D eigenvalue weighted by Crippen LogP contribution is 2.15. The van der Waals surface area contributed by atoms with Crippen molar-refractivity contribution >= 4 is 17.9 Å². The molecule has 6 heteroatoms. The molecule has 2 atom stereocenters. The zero-order chi connectivity index (χ0) is 14.3. The molecular formula is C13H25NO4S. The smallest absolute Gasteiger partial charge is 0.407 e. The minimum atomic E-state index is -0.464. The van der Waals surface area contributed by atoms with E-state index in [1.807, 2.05) is 27.0 Å². The summed E-state index contributed by atoms with van der Waals surface area (Å²) in [4.78, 5) is 11.6. The molecule has 1 N–H and O–H groups in total. The lowest BCUT2D eigenvalue weighted by Gasteiger charge is -2.30. The Labute approximate surface area is 119 Å². The molecule has 112 valence electrons. The first-order chi connectivity index (χ1) is 8.90. The normalized spacial score (nSPS) is 24.0. The Morgan fingerprint density at radius 1 is 1.42 bits per heavy atom. The number of rotatable bonds is 5. The van der Waals surface area contributed by atoms with Crippen molar-refractivity contribution in [3.05, 3.63) is 0 Å². The Morgan fingerprint density at radius 2 is 2.16 bits per heavy atom. The lowest BCUT2D eigenvalue weighted by Crippen LogP contribution is -2.45. The summed E-state index contributed by atoms with van der Waals surface area (Å²) in [6.45, 7) is 6.70. The van der Waals surface area contributed by atoms with Crippen molar-refractivity contribution < 1.29 is 19.0 Å². The van der Waals surface area contributed by atoms with E-state index < -0.39 is 5.60 Å². The van der Waals surface area contributed by atoms with Gasteiger partial charge in [-0.05, 0) is 39.9 Å². The maximum atomic E-state index is 11.6. The number of hydrogen-bond acceptors (Lipinski definition) is 5. The number of amides is 1. The van der Waals surface area contributed by atoms with Gasteiger partial charge in [0, 0.05) is 0 Å². The number of carbonyl (C=O) groups is 1. The number of hydrogen-bond donors (Lipinski definition) is 1. The van der Waals surface area contributed by atoms with Gasteiger partial charge in [-0.15, -0.1) is 11.8 Å². The molecule has 0 aromatic heterocycles. The van der Waals surface area contributed by atoms with Crippen molar-refractivity contribution in [3.63, 3.8) is 0 Å². The van der Waals surface area contributed by atoms with E-state index in [2.05, 4.69) is 5.32 Å². The minimum Gasteiger partial charge on any atom is -0.444 e. The van der Waals surface area contributed by atoms with E-state index in [9.17, 15) is 4.79 Å². The number of thioether (sulfide) groups is 1. The predicted molar refractivity (Wildman–Crippen MR) is 76.5 cm³/mol. The van der Waals surface area contributed by atoms with Crippen LogP contribution in [0.3, 0.4) is 0 Å². The third-order valence-electron chi connectivity index (χ3n) is 2.60. The van der Waals surface area contributed by atoms with Gasteiger partial charge in [0.1, 0.15) is 5.60 Å². The van der Waals surface area contributed by atoms with Crippen LogP contribution >= 0.6 is 11.8 Å². The summed E-state index contributed by atoms with van der Waals surface area (Å²) in [5.41, 5.74) is -0.464. The van der Waals surface area contributed by atoms with Gasteiger partial charge in [-0.2, -0.15) is 0 Å². The molecule has 0 aromatic carbocycles. The van der Waals surface area contributed by atoms with Crippen LogP contribution in [0.15, 0.2) is 0 Å². The maximum absolute atomic E-state index is 11.6. The fourth-order valence-corrected chi connectivity index (χ4v) is 2.05. The molecule has 1 saturated heterocycles. The quantitative estimate of drug-likeness (QED) is 0.622. The number of carbonyl (C=O) groups excluding carboxylic acids is 1. The van der Waals surface area contributed by atoms with Crippen LogP contribution < -0.4 is 5.32 Å².